The minimum atomic E-state index is 0.170. The molecule has 0 saturated carbocycles. The lowest BCUT2D eigenvalue weighted by Crippen LogP contribution is -2.37. The van der Waals surface area contributed by atoms with E-state index < -0.39 is 0 Å². The third-order valence-corrected chi connectivity index (χ3v) is 8.50. The molecule has 5 aromatic rings. The van der Waals surface area contributed by atoms with E-state index in [1.807, 2.05) is 54.3 Å². The van der Waals surface area contributed by atoms with Crippen LogP contribution in [0.25, 0.3) is 33.9 Å². The summed E-state index contributed by atoms with van der Waals surface area (Å²) in [5, 5.41) is 12.2. The molecule has 0 radical (unpaired) electrons. The Morgan fingerprint density at radius 3 is 2.55 bits per heavy atom. The second-order valence-electron chi connectivity index (χ2n) is 9.93. The normalized spacial score (nSPS) is 14.1. The fraction of sp³-hybridized carbons (Fsp3) is 0.300. The van der Waals surface area contributed by atoms with Gasteiger partial charge in [-0.3, -0.25) is 4.79 Å². The molecule has 0 N–H and O–H groups in total. The summed E-state index contributed by atoms with van der Waals surface area (Å²) in [6.07, 6.45) is 3.50. The molecule has 204 valence electrons. The predicted octanol–water partition coefficient (Wildman–Crippen LogP) is 7.21. The van der Waals surface area contributed by atoms with E-state index in [2.05, 4.69) is 20.7 Å². The Labute approximate surface area is 241 Å². The van der Waals surface area contributed by atoms with Crippen LogP contribution in [0, 0.1) is 6.92 Å². The molecule has 0 unspecified atom stereocenters. The van der Waals surface area contributed by atoms with Gasteiger partial charge < -0.3 is 13.9 Å². The standard InChI is InChI=1S/C30H28ClN5O3S/c1-19-27(28(34-38-19)20-6-3-2-4-7-20)24-18-40-30(32-24)22-14-16-36(17-15-22)26(37)9-5-8-25-33-29(35-39-25)21-10-12-23(31)13-11-21/h2-4,6-7,10-13,18,22H,5,8-9,14-17H2,1H3. The van der Waals surface area contributed by atoms with Crippen molar-refractivity contribution in [2.75, 3.05) is 13.1 Å². The van der Waals surface area contributed by atoms with Crippen molar-refractivity contribution in [3.8, 4) is 33.9 Å². The SMILES string of the molecule is Cc1onc(-c2ccccc2)c1-c1csc(C2CCN(C(=O)CCCc3nc(-c4ccc(Cl)cc4)no3)CC2)n1. The van der Waals surface area contributed by atoms with Crippen LogP contribution in [0.1, 0.15) is 48.3 Å². The number of halogens is 1. The molecular weight excluding hydrogens is 546 g/mol. The monoisotopic (exact) mass is 573 g/mol. The number of carbonyl (C=O) groups excluding carboxylic acids is 1. The zero-order valence-electron chi connectivity index (χ0n) is 22.0. The lowest BCUT2D eigenvalue weighted by Gasteiger charge is -2.31. The number of aromatic nitrogens is 4. The topological polar surface area (TPSA) is 98.2 Å². The number of aryl methyl sites for hydroxylation is 2. The van der Waals surface area contributed by atoms with Gasteiger partial charge in [-0.25, -0.2) is 4.98 Å². The molecule has 10 heteroatoms. The fourth-order valence-electron chi connectivity index (χ4n) is 5.05. The number of hydrogen-bond acceptors (Lipinski definition) is 8. The van der Waals surface area contributed by atoms with Gasteiger partial charge in [0, 0.05) is 53.4 Å². The van der Waals surface area contributed by atoms with Crippen LogP contribution < -0.4 is 0 Å². The Kier molecular flexibility index (Phi) is 7.75. The lowest BCUT2D eigenvalue weighted by atomic mass is 9.97. The van der Waals surface area contributed by atoms with Crippen molar-refractivity contribution in [3.05, 3.63) is 81.7 Å². The van der Waals surface area contributed by atoms with Crippen molar-refractivity contribution < 1.29 is 13.8 Å². The van der Waals surface area contributed by atoms with Gasteiger partial charge >= 0.3 is 0 Å². The zero-order chi connectivity index (χ0) is 27.5. The van der Waals surface area contributed by atoms with Gasteiger partial charge in [-0.1, -0.05) is 52.2 Å². The Bertz CT molecular complexity index is 1590. The minimum absolute atomic E-state index is 0.170. The largest absolute Gasteiger partial charge is 0.360 e. The summed E-state index contributed by atoms with van der Waals surface area (Å²) < 4.78 is 10.9. The van der Waals surface area contributed by atoms with Gasteiger partial charge in [0.15, 0.2) is 0 Å². The molecule has 8 nitrogen and oxygen atoms in total. The number of thiazole rings is 1. The third kappa shape index (κ3) is 5.71. The summed E-state index contributed by atoms with van der Waals surface area (Å²) in [4.78, 5) is 24.3. The van der Waals surface area contributed by atoms with Crippen LogP contribution in [0.3, 0.4) is 0 Å². The van der Waals surface area contributed by atoms with Crippen LogP contribution in [-0.4, -0.2) is 44.2 Å². The summed E-state index contributed by atoms with van der Waals surface area (Å²) in [5.74, 6) is 2.34. The van der Waals surface area contributed by atoms with Crippen LogP contribution in [0.5, 0.6) is 0 Å². The average Bonchev–Trinajstić information content (AvgIpc) is 3.74. The molecule has 1 saturated heterocycles. The molecule has 1 amide bonds. The maximum absolute atomic E-state index is 12.9. The number of piperidine rings is 1. The maximum atomic E-state index is 12.9. The molecule has 0 aliphatic carbocycles. The van der Waals surface area contributed by atoms with Crippen molar-refractivity contribution in [3.63, 3.8) is 0 Å². The molecule has 0 bridgehead atoms. The van der Waals surface area contributed by atoms with Crippen molar-refractivity contribution in [1.82, 2.24) is 25.2 Å². The smallest absolute Gasteiger partial charge is 0.226 e. The first kappa shape index (κ1) is 26.4. The van der Waals surface area contributed by atoms with E-state index in [9.17, 15) is 4.79 Å². The number of rotatable bonds is 8. The van der Waals surface area contributed by atoms with E-state index in [0.29, 0.717) is 41.9 Å². The van der Waals surface area contributed by atoms with Crippen molar-refractivity contribution in [2.45, 2.75) is 44.9 Å². The number of nitrogens with zero attached hydrogens (tertiary/aromatic N) is 5. The van der Waals surface area contributed by atoms with E-state index in [-0.39, 0.29) is 5.91 Å². The minimum Gasteiger partial charge on any atom is -0.360 e. The highest BCUT2D eigenvalue weighted by Gasteiger charge is 2.27. The lowest BCUT2D eigenvalue weighted by molar-refractivity contribution is -0.132. The van der Waals surface area contributed by atoms with Gasteiger partial charge in [0.05, 0.1) is 16.3 Å². The van der Waals surface area contributed by atoms with Crippen LogP contribution in [0.2, 0.25) is 5.02 Å². The van der Waals surface area contributed by atoms with Crippen molar-refractivity contribution in [1.29, 1.82) is 0 Å². The van der Waals surface area contributed by atoms with Crippen LogP contribution in [-0.2, 0) is 11.2 Å². The molecule has 3 aromatic heterocycles. The molecule has 40 heavy (non-hydrogen) atoms. The Morgan fingerprint density at radius 1 is 1.00 bits per heavy atom. The van der Waals surface area contributed by atoms with Gasteiger partial charge in [0.25, 0.3) is 0 Å². The van der Waals surface area contributed by atoms with Gasteiger partial charge in [-0.2, -0.15) is 4.98 Å². The molecule has 2 aromatic carbocycles. The van der Waals surface area contributed by atoms with Crippen LogP contribution in [0.15, 0.2) is 69.0 Å². The van der Waals surface area contributed by atoms with Crippen LogP contribution >= 0.6 is 22.9 Å². The second kappa shape index (κ2) is 11.7. The maximum Gasteiger partial charge on any atom is 0.226 e. The third-order valence-electron chi connectivity index (χ3n) is 7.24. The van der Waals surface area contributed by atoms with Gasteiger partial charge in [-0.15, -0.1) is 11.3 Å². The van der Waals surface area contributed by atoms with E-state index in [1.54, 1.807) is 23.5 Å². The summed E-state index contributed by atoms with van der Waals surface area (Å²) in [6.45, 7) is 3.40. The summed E-state index contributed by atoms with van der Waals surface area (Å²) >= 11 is 7.62. The van der Waals surface area contributed by atoms with Gasteiger partial charge in [-0.05, 0) is 50.5 Å². The molecule has 4 heterocycles. The number of likely N-dealkylation sites (tertiary alicyclic amines) is 1. The molecule has 1 aliphatic heterocycles. The molecule has 1 fully saturated rings. The highest BCUT2D eigenvalue weighted by Crippen LogP contribution is 2.38. The van der Waals surface area contributed by atoms with Crippen molar-refractivity contribution in [2.24, 2.45) is 0 Å². The molecule has 0 spiro atoms. The second-order valence-corrected chi connectivity index (χ2v) is 11.3. The quantitative estimate of drug-likeness (QED) is 0.193. The molecular formula is C30H28ClN5O3S. The Balaban J connectivity index is 1.01. The van der Waals surface area contributed by atoms with E-state index in [4.69, 9.17) is 25.6 Å². The summed E-state index contributed by atoms with van der Waals surface area (Å²) in [7, 11) is 0. The molecule has 1 aliphatic rings. The van der Waals surface area contributed by atoms with E-state index in [0.717, 1.165) is 64.8 Å². The number of carbonyl (C=O) groups is 1. The van der Waals surface area contributed by atoms with Gasteiger partial charge in [0.2, 0.25) is 17.6 Å². The average molecular weight is 574 g/mol. The van der Waals surface area contributed by atoms with E-state index in [1.165, 1.54) is 0 Å². The summed E-state index contributed by atoms with van der Waals surface area (Å²) in [5.41, 5.74) is 4.52. The van der Waals surface area contributed by atoms with Crippen LogP contribution in [0.4, 0.5) is 0 Å². The number of amides is 1. The van der Waals surface area contributed by atoms with Gasteiger partial charge in [0.1, 0.15) is 11.5 Å². The predicted molar refractivity (Wildman–Crippen MR) is 154 cm³/mol. The number of benzene rings is 2. The molecule has 0 atom stereocenters. The summed E-state index contributed by atoms with van der Waals surface area (Å²) in [6, 6.07) is 17.3. The first-order chi connectivity index (χ1) is 19.5. The Morgan fingerprint density at radius 2 is 1.77 bits per heavy atom. The Hall–Kier alpha value is -3.82. The highest BCUT2D eigenvalue weighted by molar-refractivity contribution is 7.10. The fourth-order valence-corrected chi connectivity index (χ4v) is 6.16. The van der Waals surface area contributed by atoms with E-state index >= 15 is 0 Å². The van der Waals surface area contributed by atoms with Crippen molar-refractivity contribution >= 4 is 28.8 Å². The zero-order valence-corrected chi connectivity index (χ0v) is 23.6. The first-order valence-electron chi connectivity index (χ1n) is 13.4. The number of hydrogen-bond donors (Lipinski definition) is 0. The molecule has 6 rings (SSSR count). The highest BCUT2D eigenvalue weighted by atomic mass is 35.5. The first-order valence-corrected chi connectivity index (χ1v) is 14.6.